The fraction of sp³-hybridized carbons (Fsp3) is 0.944. The van der Waals surface area contributed by atoms with Gasteiger partial charge in [-0.2, -0.15) is 0 Å². The largest absolute Gasteiger partial charge is 0.465 e. The monoisotopic (exact) mass is 787 g/mol. The molecule has 0 N–H and O–H groups in total. The molecule has 0 amide bonds. The quantitative estimate of drug-likeness (QED) is 0.0349. The van der Waals surface area contributed by atoms with E-state index in [1.165, 1.54) is 225 Å². The first-order chi connectivity index (χ1) is 27.3. The van der Waals surface area contributed by atoms with Crippen LogP contribution in [0.4, 0.5) is 0 Å². The van der Waals surface area contributed by atoms with Crippen molar-refractivity contribution in [2.45, 2.75) is 292 Å². The summed E-state index contributed by atoms with van der Waals surface area (Å²) in [6, 6.07) is 0. The van der Waals surface area contributed by atoms with Gasteiger partial charge in [-0.25, -0.2) is 0 Å². The first-order valence-electron chi connectivity index (χ1n) is 26.1. The maximum atomic E-state index is 13.4. The van der Waals surface area contributed by atoms with E-state index in [1.807, 2.05) is 0 Å². The minimum absolute atomic E-state index is 0.0998. The van der Waals surface area contributed by atoms with Gasteiger partial charge in [-0.15, -0.1) is 0 Å². The second-order valence-electron chi connectivity index (χ2n) is 19.6. The normalized spacial score (nSPS) is 14.1. The van der Waals surface area contributed by atoms with Crippen molar-refractivity contribution in [2.75, 3.05) is 6.61 Å². The van der Waals surface area contributed by atoms with E-state index in [-0.39, 0.29) is 11.9 Å². The highest BCUT2D eigenvalue weighted by molar-refractivity contribution is 5.72. The van der Waals surface area contributed by atoms with Crippen LogP contribution in [0.25, 0.3) is 0 Å². The predicted octanol–water partition coefficient (Wildman–Crippen LogP) is 19.1. The van der Waals surface area contributed by atoms with E-state index in [9.17, 15) is 4.79 Å². The lowest BCUT2D eigenvalue weighted by Crippen LogP contribution is -2.19. The van der Waals surface area contributed by atoms with Crippen molar-refractivity contribution in [1.82, 2.24) is 0 Å². The third-order valence-electron chi connectivity index (χ3n) is 12.9. The van der Waals surface area contributed by atoms with Crippen LogP contribution in [0.15, 0.2) is 12.2 Å². The minimum atomic E-state index is 0.0998. The van der Waals surface area contributed by atoms with Gasteiger partial charge >= 0.3 is 5.97 Å². The van der Waals surface area contributed by atoms with Crippen LogP contribution in [0.3, 0.4) is 0 Å². The van der Waals surface area contributed by atoms with E-state index in [0.717, 1.165) is 37.0 Å². The highest BCUT2D eigenvalue weighted by atomic mass is 16.5. The molecule has 0 aliphatic carbocycles. The highest BCUT2D eigenvalue weighted by Crippen LogP contribution is 2.26. The van der Waals surface area contributed by atoms with Crippen molar-refractivity contribution in [1.29, 1.82) is 0 Å². The number of carbonyl (C=O) groups is 1. The van der Waals surface area contributed by atoms with E-state index in [1.54, 1.807) is 0 Å². The molecule has 0 saturated carbocycles. The van der Waals surface area contributed by atoms with E-state index in [0.29, 0.717) is 12.5 Å². The number of unbranched alkanes of at least 4 members (excludes halogenated alkanes) is 23. The average molecular weight is 787 g/mol. The Bertz CT molecular complexity index is 800. The summed E-state index contributed by atoms with van der Waals surface area (Å²) in [6.45, 7) is 17.3. The standard InChI is InChI=1S/C54H106O2/c1-8-10-12-14-16-18-20-22-24-26-28-30-32-34-45-53(54(55)56-48-35-33-31-29-27-25-23-21-19-17-15-13-11-9-2)47-46-52(7)44-38-43-51(6)42-37-41-50(5)40-36-39-49(3)4/h22,24,49-53H,8-21,23,25-48H2,1-7H3/b24-22-. The summed E-state index contributed by atoms with van der Waals surface area (Å²) in [4.78, 5) is 13.4. The molecular weight excluding hydrogens is 681 g/mol. The molecule has 0 fully saturated rings. The highest BCUT2D eigenvalue weighted by Gasteiger charge is 2.21. The van der Waals surface area contributed by atoms with Gasteiger partial charge < -0.3 is 4.74 Å². The molecule has 0 bridgehead atoms. The number of esters is 1. The van der Waals surface area contributed by atoms with Gasteiger partial charge in [0.2, 0.25) is 0 Å². The van der Waals surface area contributed by atoms with Crippen molar-refractivity contribution in [3.05, 3.63) is 12.2 Å². The molecule has 0 aromatic rings. The Morgan fingerprint density at radius 1 is 0.375 bits per heavy atom. The number of hydrogen-bond donors (Lipinski definition) is 0. The van der Waals surface area contributed by atoms with Crippen molar-refractivity contribution in [2.24, 2.45) is 29.6 Å². The Kier molecular flexibility index (Phi) is 43.2. The topological polar surface area (TPSA) is 26.3 Å². The van der Waals surface area contributed by atoms with Crippen LogP contribution < -0.4 is 0 Å². The zero-order valence-electron chi connectivity index (χ0n) is 39.9. The van der Waals surface area contributed by atoms with Crippen molar-refractivity contribution < 1.29 is 9.53 Å². The van der Waals surface area contributed by atoms with E-state index >= 15 is 0 Å². The molecule has 0 aromatic heterocycles. The SMILES string of the molecule is CCCCCCCC/C=C\CCCCCCC(CCC(C)CCCC(C)CCCC(C)CCCC(C)C)C(=O)OCCCCCCCCCCCCCCCC. The van der Waals surface area contributed by atoms with Crippen LogP contribution in [-0.4, -0.2) is 12.6 Å². The first kappa shape index (κ1) is 55.2. The number of ether oxygens (including phenoxy) is 1. The Balaban J connectivity index is 4.38. The number of carbonyl (C=O) groups excluding carboxylic acids is 1. The van der Waals surface area contributed by atoms with Crippen LogP contribution in [-0.2, 0) is 9.53 Å². The Labute approximate surface area is 355 Å². The van der Waals surface area contributed by atoms with Gasteiger partial charge in [-0.3, -0.25) is 4.79 Å². The van der Waals surface area contributed by atoms with Crippen LogP contribution in [0.5, 0.6) is 0 Å². The molecule has 56 heavy (non-hydrogen) atoms. The lowest BCUT2D eigenvalue weighted by molar-refractivity contribution is -0.149. The summed E-state index contributed by atoms with van der Waals surface area (Å²) in [6.07, 6.45) is 55.2. The summed E-state index contributed by atoms with van der Waals surface area (Å²) in [5.41, 5.74) is 0. The maximum absolute atomic E-state index is 13.4. The summed E-state index contributed by atoms with van der Waals surface area (Å²) in [5.74, 6) is 3.49. The third kappa shape index (κ3) is 41.4. The molecule has 2 nitrogen and oxygen atoms in total. The van der Waals surface area contributed by atoms with Gasteiger partial charge in [0.25, 0.3) is 0 Å². The van der Waals surface area contributed by atoms with Crippen LogP contribution >= 0.6 is 0 Å². The van der Waals surface area contributed by atoms with E-state index < -0.39 is 0 Å². The Morgan fingerprint density at radius 2 is 0.732 bits per heavy atom. The summed E-state index contributed by atoms with van der Waals surface area (Å²) in [7, 11) is 0. The number of allylic oxidation sites excluding steroid dienone is 2. The fourth-order valence-corrected chi connectivity index (χ4v) is 8.67. The summed E-state index contributed by atoms with van der Waals surface area (Å²) in [5, 5.41) is 0. The van der Waals surface area contributed by atoms with E-state index in [2.05, 4.69) is 60.6 Å². The zero-order chi connectivity index (χ0) is 41.2. The second kappa shape index (κ2) is 43.8. The Morgan fingerprint density at radius 3 is 1.16 bits per heavy atom. The summed E-state index contributed by atoms with van der Waals surface area (Å²) < 4.78 is 5.96. The fourth-order valence-electron chi connectivity index (χ4n) is 8.67. The molecule has 334 valence electrons. The molecule has 4 atom stereocenters. The van der Waals surface area contributed by atoms with Crippen LogP contribution in [0.2, 0.25) is 0 Å². The lowest BCUT2D eigenvalue weighted by atomic mass is 9.88. The molecule has 0 aliphatic rings. The molecule has 2 heteroatoms. The molecule has 0 rings (SSSR count). The van der Waals surface area contributed by atoms with Crippen molar-refractivity contribution >= 4 is 5.97 Å². The molecular formula is C54H106O2. The lowest BCUT2D eigenvalue weighted by Gasteiger charge is -2.19. The van der Waals surface area contributed by atoms with Gasteiger partial charge in [0, 0.05) is 0 Å². The van der Waals surface area contributed by atoms with Gasteiger partial charge in [0.05, 0.1) is 12.5 Å². The van der Waals surface area contributed by atoms with Crippen molar-refractivity contribution in [3.63, 3.8) is 0 Å². The maximum Gasteiger partial charge on any atom is 0.308 e. The smallest absolute Gasteiger partial charge is 0.308 e. The van der Waals surface area contributed by atoms with Crippen molar-refractivity contribution in [3.8, 4) is 0 Å². The average Bonchev–Trinajstić information content (AvgIpc) is 3.17. The van der Waals surface area contributed by atoms with E-state index in [4.69, 9.17) is 4.74 Å². The molecule has 0 radical (unpaired) electrons. The van der Waals surface area contributed by atoms with Crippen LogP contribution in [0, 0.1) is 29.6 Å². The number of hydrogen-bond acceptors (Lipinski definition) is 2. The van der Waals surface area contributed by atoms with Gasteiger partial charge in [-0.1, -0.05) is 253 Å². The Hall–Kier alpha value is -0.790. The molecule has 0 aromatic carbocycles. The molecule has 0 aliphatic heterocycles. The minimum Gasteiger partial charge on any atom is -0.465 e. The molecule has 0 spiro atoms. The summed E-state index contributed by atoms with van der Waals surface area (Å²) >= 11 is 0. The number of rotatable bonds is 45. The second-order valence-corrected chi connectivity index (χ2v) is 19.6. The predicted molar refractivity (Wildman–Crippen MR) is 253 cm³/mol. The van der Waals surface area contributed by atoms with Gasteiger partial charge in [0.15, 0.2) is 0 Å². The van der Waals surface area contributed by atoms with Gasteiger partial charge in [0.1, 0.15) is 0 Å². The zero-order valence-corrected chi connectivity index (χ0v) is 39.9. The van der Waals surface area contributed by atoms with Gasteiger partial charge in [-0.05, 0) is 75.0 Å². The molecule has 0 heterocycles. The molecule has 0 saturated heterocycles. The third-order valence-corrected chi connectivity index (χ3v) is 12.9. The van der Waals surface area contributed by atoms with Crippen LogP contribution in [0.1, 0.15) is 292 Å². The first-order valence-corrected chi connectivity index (χ1v) is 26.1. The molecule has 4 unspecified atom stereocenters.